The highest BCUT2D eigenvalue weighted by atomic mass is 16.5. The van der Waals surface area contributed by atoms with Gasteiger partial charge in [-0.25, -0.2) is 0 Å². The van der Waals surface area contributed by atoms with Gasteiger partial charge in [-0.15, -0.1) is 0 Å². The number of anilines is 1. The topological polar surface area (TPSA) is 61.1 Å². The third-order valence-corrected chi connectivity index (χ3v) is 8.38. The molecule has 5 nitrogen and oxygen atoms in total. The summed E-state index contributed by atoms with van der Waals surface area (Å²) in [5.74, 6) is 0.792. The third kappa shape index (κ3) is 3.29. The highest BCUT2D eigenvalue weighted by Crippen LogP contribution is 2.53. The molecule has 39 heavy (non-hydrogen) atoms. The van der Waals surface area contributed by atoms with Crippen molar-refractivity contribution in [2.24, 2.45) is 0 Å². The fraction of sp³-hybridized carbons (Fsp3) is 0.147. The van der Waals surface area contributed by atoms with E-state index >= 15 is 4.79 Å². The molecule has 1 amide bonds. The maximum absolute atomic E-state index is 15.1. The number of aryl methyl sites for hydroxylation is 2. The van der Waals surface area contributed by atoms with Crippen LogP contribution in [0.3, 0.4) is 0 Å². The quantitative estimate of drug-likeness (QED) is 0.258. The number of nitrogens with one attached hydrogen (secondary N) is 2. The van der Waals surface area contributed by atoms with E-state index in [1.54, 1.807) is 7.11 Å². The molecular weight excluding hydrogens is 482 g/mol. The number of hydrogen-bond donors (Lipinski definition) is 2. The number of methoxy groups -OCH3 is 1. The van der Waals surface area contributed by atoms with Crippen molar-refractivity contribution in [3.63, 3.8) is 0 Å². The summed E-state index contributed by atoms with van der Waals surface area (Å²) in [5, 5.41) is 2.14. The molecule has 7 rings (SSSR count). The lowest BCUT2D eigenvalue weighted by Crippen LogP contribution is -2.42. The first kappa shape index (κ1) is 23.4. The molecule has 1 unspecified atom stereocenters. The molecule has 2 N–H and O–H groups in total. The van der Waals surface area contributed by atoms with E-state index in [1.807, 2.05) is 59.6 Å². The number of H-pyrrole nitrogens is 2. The molecule has 4 aromatic carbocycles. The van der Waals surface area contributed by atoms with Crippen molar-refractivity contribution < 1.29 is 9.53 Å². The predicted octanol–water partition coefficient (Wildman–Crippen LogP) is 7.16. The number of amides is 1. The average molecular weight is 512 g/mol. The Bertz CT molecular complexity index is 1880. The van der Waals surface area contributed by atoms with Gasteiger partial charge in [0.05, 0.1) is 13.7 Å². The number of carbonyl (C=O) groups excluding carboxylic acids is 1. The molecule has 0 fully saturated rings. The van der Waals surface area contributed by atoms with Crippen LogP contribution in [0.4, 0.5) is 5.69 Å². The zero-order chi connectivity index (χ0) is 26.7. The standard InChI is InChI=1S/C34H29N3O2/c1-21-22(2)36-31-17-24(13-15-26(21)31)34(29-19-35-30-16-14-25(39-3)18-27(29)30)28-11-7-8-12-32(28)37(33(34)38)20-23-9-5-4-6-10-23/h4-19,35-36H,20H2,1-3H3. The molecule has 192 valence electrons. The smallest absolute Gasteiger partial charge is 0.247 e. The van der Waals surface area contributed by atoms with E-state index in [0.29, 0.717) is 6.54 Å². The monoisotopic (exact) mass is 511 g/mol. The summed E-state index contributed by atoms with van der Waals surface area (Å²) in [7, 11) is 1.67. The van der Waals surface area contributed by atoms with Crippen molar-refractivity contribution in [2.45, 2.75) is 25.8 Å². The second kappa shape index (κ2) is 8.63. The van der Waals surface area contributed by atoms with E-state index in [4.69, 9.17) is 4.74 Å². The van der Waals surface area contributed by atoms with Gasteiger partial charge in [0.25, 0.3) is 0 Å². The van der Waals surface area contributed by atoms with Gasteiger partial charge in [-0.1, -0.05) is 60.7 Å². The van der Waals surface area contributed by atoms with E-state index in [9.17, 15) is 0 Å². The minimum atomic E-state index is -1.04. The van der Waals surface area contributed by atoms with Crippen LogP contribution in [0, 0.1) is 13.8 Å². The number of hydrogen-bond acceptors (Lipinski definition) is 2. The minimum absolute atomic E-state index is 0.0376. The van der Waals surface area contributed by atoms with Crippen LogP contribution in [0.5, 0.6) is 5.75 Å². The van der Waals surface area contributed by atoms with Gasteiger partial charge >= 0.3 is 0 Å². The molecule has 0 radical (unpaired) electrons. The Balaban J connectivity index is 1.55. The van der Waals surface area contributed by atoms with Gasteiger partial charge in [-0.05, 0) is 60.9 Å². The van der Waals surface area contributed by atoms with Gasteiger partial charge in [0.1, 0.15) is 11.2 Å². The molecule has 6 aromatic rings. The van der Waals surface area contributed by atoms with Crippen LogP contribution in [-0.4, -0.2) is 23.0 Å². The van der Waals surface area contributed by atoms with Crippen LogP contribution >= 0.6 is 0 Å². The van der Waals surface area contributed by atoms with Crippen molar-refractivity contribution in [3.05, 3.63) is 131 Å². The molecule has 3 heterocycles. The first-order chi connectivity index (χ1) is 19.0. The van der Waals surface area contributed by atoms with Crippen LogP contribution in [0.2, 0.25) is 0 Å². The molecule has 0 bridgehead atoms. The van der Waals surface area contributed by atoms with Crippen molar-refractivity contribution in [3.8, 4) is 5.75 Å². The Hall–Kier alpha value is -4.77. The van der Waals surface area contributed by atoms with E-state index in [2.05, 4.69) is 66.3 Å². The summed E-state index contributed by atoms with van der Waals surface area (Å²) in [5.41, 5.74) is 8.17. The molecule has 0 saturated heterocycles. The number of ether oxygens (including phenoxy) is 1. The molecule has 0 spiro atoms. The first-order valence-electron chi connectivity index (χ1n) is 13.2. The van der Waals surface area contributed by atoms with Gasteiger partial charge in [0, 0.05) is 50.5 Å². The third-order valence-electron chi connectivity index (χ3n) is 8.38. The van der Waals surface area contributed by atoms with Crippen LogP contribution < -0.4 is 9.64 Å². The zero-order valence-corrected chi connectivity index (χ0v) is 22.2. The van der Waals surface area contributed by atoms with E-state index in [0.717, 1.165) is 55.8 Å². The van der Waals surface area contributed by atoms with Crippen molar-refractivity contribution >= 4 is 33.4 Å². The summed E-state index contributed by atoms with van der Waals surface area (Å²) < 4.78 is 5.60. The van der Waals surface area contributed by atoms with Crippen LogP contribution in [-0.2, 0) is 16.8 Å². The number of aromatic amines is 2. The second-order valence-electron chi connectivity index (χ2n) is 10.4. The fourth-order valence-corrected chi connectivity index (χ4v) is 6.31. The maximum atomic E-state index is 15.1. The van der Waals surface area contributed by atoms with Crippen LogP contribution in [0.15, 0.2) is 97.2 Å². The minimum Gasteiger partial charge on any atom is -0.497 e. The lowest BCUT2D eigenvalue weighted by molar-refractivity contribution is -0.120. The molecule has 0 saturated carbocycles. The summed E-state index contributed by atoms with van der Waals surface area (Å²) in [6.07, 6.45) is 2.00. The predicted molar refractivity (Wildman–Crippen MR) is 157 cm³/mol. The van der Waals surface area contributed by atoms with Gasteiger partial charge < -0.3 is 19.6 Å². The Kier molecular flexibility index (Phi) is 5.17. The molecule has 5 heteroatoms. The number of benzene rings is 4. The SMILES string of the molecule is COc1ccc2[nH]cc(C3(c4ccc5c(C)c(C)[nH]c5c4)C(=O)N(Cc4ccccc4)c4ccccc43)c2c1. The average Bonchev–Trinajstić information content (AvgIpc) is 3.59. The molecule has 1 aliphatic heterocycles. The number of fused-ring (bicyclic) bond motifs is 3. The maximum Gasteiger partial charge on any atom is 0.247 e. The highest BCUT2D eigenvalue weighted by Gasteiger charge is 2.54. The number of carbonyl (C=O) groups is 1. The second-order valence-corrected chi connectivity index (χ2v) is 10.4. The van der Waals surface area contributed by atoms with E-state index in [1.165, 1.54) is 10.9 Å². The normalized spacial score (nSPS) is 16.8. The number of rotatable bonds is 5. The summed E-state index contributed by atoms with van der Waals surface area (Å²) >= 11 is 0. The lowest BCUT2D eigenvalue weighted by Gasteiger charge is -2.30. The van der Waals surface area contributed by atoms with Gasteiger partial charge in [-0.2, -0.15) is 0 Å². The van der Waals surface area contributed by atoms with Gasteiger partial charge in [0.15, 0.2) is 0 Å². The van der Waals surface area contributed by atoms with Crippen LogP contribution in [0.1, 0.15) is 33.5 Å². The Labute approximate surface area is 227 Å². The first-order valence-corrected chi connectivity index (χ1v) is 13.2. The lowest BCUT2D eigenvalue weighted by atomic mass is 9.70. The molecule has 0 aliphatic carbocycles. The van der Waals surface area contributed by atoms with E-state index < -0.39 is 5.41 Å². The van der Waals surface area contributed by atoms with Crippen molar-refractivity contribution in [1.82, 2.24) is 9.97 Å². The number of para-hydroxylation sites is 1. The molecule has 1 aliphatic rings. The Morgan fingerprint density at radius 2 is 1.62 bits per heavy atom. The molecule has 1 atom stereocenters. The summed E-state index contributed by atoms with van der Waals surface area (Å²) in [6, 6.07) is 30.8. The highest BCUT2D eigenvalue weighted by molar-refractivity contribution is 6.15. The van der Waals surface area contributed by atoms with Crippen molar-refractivity contribution in [1.29, 1.82) is 0 Å². The molecule has 2 aromatic heterocycles. The molecular formula is C34H29N3O2. The zero-order valence-electron chi connectivity index (χ0n) is 22.2. The van der Waals surface area contributed by atoms with Crippen LogP contribution in [0.25, 0.3) is 21.8 Å². The summed E-state index contributed by atoms with van der Waals surface area (Å²) in [6.45, 7) is 4.72. The van der Waals surface area contributed by atoms with Crippen molar-refractivity contribution in [2.75, 3.05) is 12.0 Å². The van der Waals surface area contributed by atoms with E-state index in [-0.39, 0.29) is 5.91 Å². The number of nitrogens with zero attached hydrogens (tertiary/aromatic N) is 1. The fourth-order valence-electron chi connectivity index (χ4n) is 6.31. The summed E-state index contributed by atoms with van der Waals surface area (Å²) in [4.78, 5) is 24.0. The Morgan fingerprint density at radius 1 is 0.821 bits per heavy atom. The largest absolute Gasteiger partial charge is 0.497 e. The van der Waals surface area contributed by atoms with Gasteiger partial charge in [0.2, 0.25) is 5.91 Å². The van der Waals surface area contributed by atoms with Gasteiger partial charge in [-0.3, -0.25) is 4.79 Å². The number of aromatic nitrogens is 2. The Morgan fingerprint density at radius 3 is 2.44 bits per heavy atom.